The molecule has 0 bridgehead atoms. The van der Waals surface area contributed by atoms with Gasteiger partial charge in [-0.05, 0) is 47.7 Å². The summed E-state index contributed by atoms with van der Waals surface area (Å²) in [5.74, 6) is -0.187. The first-order chi connectivity index (χ1) is 11.0. The fourth-order valence-corrected chi connectivity index (χ4v) is 2.83. The van der Waals surface area contributed by atoms with Crippen molar-refractivity contribution in [2.45, 2.75) is 25.7 Å². The summed E-state index contributed by atoms with van der Waals surface area (Å²) in [6.45, 7) is 1.69. The average Bonchev–Trinajstić information content (AvgIpc) is 3.01. The fourth-order valence-electron chi connectivity index (χ4n) is 2.03. The van der Waals surface area contributed by atoms with E-state index in [0.717, 1.165) is 10.4 Å². The number of phenolic OH excluding ortho intramolecular Hbond substituents is 1. The van der Waals surface area contributed by atoms with Gasteiger partial charge in [0.1, 0.15) is 5.75 Å². The lowest BCUT2D eigenvalue weighted by Crippen LogP contribution is -2.36. The summed E-state index contributed by atoms with van der Waals surface area (Å²) in [5.41, 5.74) is 1.43. The van der Waals surface area contributed by atoms with Gasteiger partial charge in [0.2, 0.25) is 5.91 Å². The number of aromatic hydroxyl groups is 1. The number of benzene rings is 1. The molecule has 122 valence electrons. The summed E-state index contributed by atoms with van der Waals surface area (Å²) in [7, 11) is 0. The number of carbonyl (C=O) groups excluding carboxylic acids is 1. The molecule has 1 amide bonds. The predicted molar refractivity (Wildman–Crippen MR) is 89.9 cm³/mol. The maximum Gasteiger partial charge on any atom is 0.244 e. The average molecular weight is 333 g/mol. The molecule has 0 aliphatic carbocycles. The van der Waals surface area contributed by atoms with Gasteiger partial charge in [-0.1, -0.05) is 12.1 Å². The van der Waals surface area contributed by atoms with Crippen LogP contribution in [0.25, 0.3) is 6.08 Å². The van der Waals surface area contributed by atoms with Crippen LogP contribution in [0.15, 0.2) is 41.8 Å². The molecule has 0 unspecified atom stereocenters. The molecule has 5 nitrogen and oxygen atoms in total. The lowest BCUT2D eigenvalue weighted by molar-refractivity contribution is -0.117. The Balaban J connectivity index is 1.92. The largest absolute Gasteiger partial charge is 0.508 e. The standard InChI is InChI=1S/C17H19NO4S/c1-11(17(22)13-2-4-14(20)5-3-13)18-16(21)7-6-15-8-12(9-19)10-23-15/h2-8,10-11,17,19-20,22H,9H2,1H3,(H,18,21)/b7-6+/t11-,17-/m1/s1. The van der Waals surface area contributed by atoms with Gasteiger partial charge in [0.05, 0.1) is 18.8 Å². The van der Waals surface area contributed by atoms with E-state index < -0.39 is 12.1 Å². The van der Waals surface area contributed by atoms with Crippen LogP contribution in [0.1, 0.15) is 29.0 Å². The van der Waals surface area contributed by atoms with Gasteiger partial charge in [-0.2, -0.15) is 0 Å². The monoisotopic (exact) mass is 333 g/mol. The molecule has 0 spiro atoms. The Morgan fingerprint density at radius 1 is 1.35 bits per heavy atom. The van der Waals surface area contributed by atoms with Crippen molar-refractivity contribution in [2.75, 3.05) is 0 Å². The Hall–Kier alpha value is -2.15. The topological polar surface area (TPSA) is 89.8 Å². The summed E-state index contributed by atoms with van der Waals surface area (Å²) < 4.78 is 0. The summed E-state index contributed by atoms with van der Waals surface area (Å²) in [4.78, 5) is 12.8. The van der Waals surface area contributed by atoms with E-state index in [2.05, 4.69) is 5.32 Å². The molecule has 6 heteroatoms. The van der Waals surface area contributed by atoms with E-state index in [1.54, 1.807) is 25.1 Å². The number of aliphatic hydroxyl groups excluding tert-OH is 2. The predicted octanol–water partition coefficient (Wildman–Crippen LogP) is 2.20. The summed E-state index contributed by atoms with van der Waals surface area (Å²) in [6, 6.07) is 7.53. The second-order valence-corrected chi connectivity index (χ2v) is 6.13. The van der Waals surface area contributed by atoms with E-state index in [0.29, 0.717) is 5.56 Å². The summed E-state index contributed by atoms with van der Waals surface area (Å²) in [5, 5.41) is 33.0. The number of hydrogen-bond donors (Lipinski definition) is 4. The van der Waals surface area contributed by atoms with Crippen LogP contribution in [0.4, 0.5) is 0 Å². The van der Waals surface area contributed by atoms with Gasteiger partial charge in [-0.3, -0.25) is 4.79 Å². The molecule has 23 heavy (non-hydrogen) atoms. The number of amides is 1. The molecule has 0 radical (unpaired) electrons. The van der Waals surface area contributed by atoms with Gasteiger partial charge < -0.3 is 20.6 Å². The minimum atomic E-state index is -0.865. The Bertz CT molecular complexity index is 678. The first-order valence-electron chi connectivity index (χ1n) is 7.13. The van der Waals surface area contributed by atoms with E-state index in [1.165, 1.54) is 29.5 Å². The van der Waals surface area contributed by atoms with Gasteiger partial charge >= 0.3 is 0 Å². The molecule has 2 rings (SSSR count). The highest BCUT2D eigenvalue weighted by molar-refractivity contribution is 7.11. The highest BCUT2D eigenvalue weighted by Gasteiger charge is 2.17. The van der Waals surface area contributed by atoms with Crippen LogP contribution in [0.5, 0.6) is 5.75 Å². The third kappa shape index (κ3) is 4.92. The molecular weight excluding hydrogens is 314 g/mol. The number of nitrogens with one attached hydrogen (secondary N) is 1. The van der Waals surface area contributed by atoms with E-state index in [4.69, 9.17) is 5.11 Å². The zero-order valence-electron chi connectivity index (χ0n) is 12.6. The van der Waals surface area contributed by atoms with E-state index in [9.17, 15) is 15.0 Å². The van der Waals surface area contributed by atoms with Gasteiger partial charge in [-0.25, -0.2) is 0 Å². The van der Waals surface area contributed by atoms with Crippen LogP contribution in [0.3, 0.4) is 0 Å². The van der Waals surface area contributed by atoms with Crippen LogP contribution < -0.4 is 5.32 Å². The Labute approximate surface area is 138 Å². The zero-order chi connectivity index (χ0) is 16.8. The smallest absolute Gasteiger partial charge is 0.244 e. The Morgan fingerprint density at radius 3 is 2.65 bits per heavy atom. The van der Waals surface area contributed by atoms with Gasteiger partial charge in [-0.15, -0.1) is 11.3 Å². The highest BCUT2D eigenvalue weighted by Crippen LogP contribution is 2.20. The second kappa shape index (κ2) is 7.92. The normalized spacial score (nSPS) is 13.9. The molecule has 0 aliphatic heterocycles. The SMILES string of the molecule is C[C@@H](NC(=O)/C=C/c1cc(CO)cs1)[C@@H](O)c1ccc(O)cc1. The molecule has 0 fully saturated rings. The molecule has 4 N–H and O–H groups in total. The molecule has 1 aromatic carbocycles. The van der Waals surface area contributed by atoms with Crippen molar-refractivity contribution in [2.24, 2.45) is 0 Å². The van der Waals surface area contributed by atoms with Crippen molar-refractivity contribution < 1.29 is 20.1 Å². The van der Waals surface area contributed by atoms with Crippen molar-refractivity contribution in [3.05, 3.63) is 57.8 Å². The number of phenols is 1. The molecular formula is C17H19NO4S. The Kier molecular flexibility index (Phi) is 5.92. The van der Waals surface area contributed by atoms with Crippen molar-refractivity contribution in [3.8, 4) is 5.75 Å². The maximum atomic E-state index is 11.9. The first-order valence-corrected chi connectivity index (χ1v) is 8.01. The number of aliphatic hydroxyl groups is 2. The van der Waals surface area contributed by atoms with Gasteiger partial charge in [0.15, 0.2) is 0 Å². The lowest BCUT2D eigenvalue weighted by atomic mass is 10.0. The molecule has 0 saturated carbocycles. The number of rotatable bonds is 6. The number of thiophene rings is 1. The van der Waals surface area contributed by atoms with Crippen molar-refractivity contribution in [3.63, 3.8) is 0 Å². The molecule has 2 aromatic rings. The quantitative estimate of drug-likeness (QED) is 0.610. The van der Waals surface area contributed by atoms with Crippen LogP contribution >= 0.6 is 11.3 Å². The van der Waals surface area contributed by atoms with Crippen LogP contribution in [0, 0.1) is 0 Å². The molecule has 1 heterocycles. The molecule has 0 saturated heterocycles. The molecule has 1 aromatic heterocycles. The van der Waals surface area contributed by atoms with E-state index in [-0.39, 0.29) is 18.3 Å². The molecule has 2 atom stereocenters. The minimum Gasteiger partial charge on any atom is -0.508 e. The van der Waals surface area contributed by atoms with Gasteiger partial charge in [0, 0.05) is 11.0 Å². The van der Waals surface area contributed by atoms with Crippen LogP contribution in [-0.2, 0) is 11.4 Å². The zero-order valence-corrected chi connectivity index (χ0v) is 13.5. The summed E-state index contributed by atoms with van der Waals surface area (Å²) >= 11 is 1.44. The maximum absolute atomic E-state index is 11.9. The highest BCUT2D eigenvalue weighted by atomic mass is 32.1. The first kappa shape index (κ1) is 17.2. The number of carbonyl (C=O) groups is 1. The molecule has 0 aliphatic rings. The minimum absolute atomic E-state index is 0.0214. The van der Waals surface area contributed by atoms with E-state index in [1.807, 2.05) is 11.4 Å². The fraction of sp³-hybridized carbons (Fsp3) is 0.235. The number of hydrogen-bond acceptors (Lipinski definition) is 5. The van der Waals surface area contributed by atoms with Crippen molar-refractivity contribution >= 4 is 23.3 Å². The van der Waals surface area contributed by atoms with Crippen LogP contribution in [-0.4, -0.2) is 27.3 Å². The third-order valence-electron chi connectivity index (χ3n) is 3.33. The third-order valence-corrected chi connectivity index (χ3v) is 4.28. The second-order valence-electron chi connectivity index (χ2n) is 5.18. The van der Waals surface area contributed by atoms with Gasteiger partial charge in [0.25, 0.3) is 0 Å². The lowest BCUT2D eigenvalue weighted by Gasteiger charge is -2.19. The Morgan fingerprint density at radius 2 is 2.04 bits per heavy atom. The summed E-state index contributed by atoms with van der Waals surface area (Å²) in [6.07, 6.45) is 2.20. The van der Waals surface area contributed by atoms with Crippen molar-refractivity contribution in [1.82, 2.24) is 5.32 Å². The van der Waals surface area contributed by atoms with Crippen molar-refractivity contribution in [1.29, 1.82) is 0 Å². The van der Waals surface area contributed by atoms with Crippen LogP contribution in [0.2, 0.25) is 0 Å². The van der Waals surface area contributed by atoms with E-state index >= 15 is 0 Å².